The Balaban J connectivity index is 2.91. The lowest BCUT2D eigenvalue weighted by Crippen LogP contribution is -2.55. The average Bonchev–Trinajstić information content (AvgIpc) is 2.58. The summed E-state index contributed by atoms with van der Waals surface area (Å²) in [4.78, 5) is 24.5. The third-order valence-corrected chi connectivity index (χ3v) is 4.15. The SMILES string of the molecule is CCC(CC)(NC(=O)C(C)c1ccc(OC)cc1)C(=O)OC. The Kier molecular flexibility index (Phi) is 6.40. The molecule has 0 saturated carbocycles. The van der Waals surface area contributed by atoms with E-state index in [1.807, 2.05) is 45.0 Å². The lowest BCUT2D eigenvalue weighted by atomic mass is 9.91. The Morgan fingerprint density at radius 2 is 1.68 bits per heavy atom. The first kappa shape index (κ1) is 18.0. The highest BCUT2D eigenvalue weighted by Gasteiger charge is 2.38. The average molecular weight is 307 g/mol. The van der Waals surface area contributed by atoms with Gasteiger partial charge in [0.15, 0.2) is 0 Å². The van der Waals surface area contributed by atoms with E-state index in [0.29, 0.717) is 12.8 Å². The van der Waals surface area contributed by atoms with E-state index in [1.54, 1.807) is 7.11 Å². The lowest BCUT2D eigenvalue weighted by Gasteiger charge is -2.31. The van der Waals surface area contributed by atoms with Gasteiger partial charge in [-0.3, -0.25) is 4.79 Å². The van der Waals surface area contributed by atoms with Crippen LogP contribution in [0.2, 0.25) is 0 Å². The summed E-state index contributed by atoms with van der Waals surface area (Å²) >= 11 is 0. The monoisotopic (exact) mass is 307 g/mol. The third-order valence-electron chi connectivity index (χ3n) is 4.15. The van der Waals surface area contributed by atoms with Gasteiger partial charge >= 0.3 is 5.97 Å². The molecule has 0 spiro atoms. The fraction of sp³-hybridized carbons (Fsp3) is 0.529. The van der Waals surface area contributed by atoms with Crippen molar-refractivity contribution in [3.8, 4) is 5.75 Å². The minimum Gasteiger partial charge on any atom is -0.497 e. The zero-order valence-electron chi connectivity index (χ0n) is 13.9. The molecular formula is C17H25NO4. The summed E-state index contributed by atoms with van der Waals surface area (Å²) in [5.41, 5.74) is -0.101. The second-order valence-electron chi connectivity index (χ2n) is 5.26. The maximum atomic E-state index is 12.5. The number of hydrogen-bond acceptors (Lipinski definition) is 4. The third kappa shape index (κ3) is 3.78. The maximum Gasteiger partial charge on any atom is 0.331 e. The number of nitrogens with one attached hydrogen (secondary N) is 1. The van der Waals surface area contributed by atoms with Gasteiger partial charge in [0.1, 0.15) is 11.3 Å². The van der Waals surface area contributed by atoms with Gasteiger partial charge in [-0.25, -0.2) is 4.79 Å². The zero-order valence-corrected chi connectivity index (χ0v) is 13.9. The molecule has 22 heavy (non-hydrogen) atoms. The van der Waals surface area contributed by atoms with Crippen LogP contribution in [0.4, 0.5) is 0 Å². The highest BCUT2D eigenvalue weighted by atomic mass is 16.5. The van der Waals surface area contributed by atoms with E-state index >= 15 is 0 Å². The van der Waals surface area contributed by atoms with Crippen LogP contribution in [0.15, 0.2) is 24.3 Å². The van der Waals surface area contributed by atoms with E-state index in [1.165, 1.54) is 7.11 Å². The number of hydrogen-bond donors (Lipinski definition) is 1. The van der Waals surface area contributed by atoms with Crippen LogP contribution in [-0.4, -0.2) is 31.6 Å². The van der Waals surface area contributed by atoms with Crippen molar-refractivity contribution in [2.75, 3.05) is 14.2 Å². The van der Waals surface area contributed by atoms with Gasteiger partial charge in [0.2, 0.25) is 5.91 Å². The van der Waals surface area contributed by atoms with Crippen molar-refractivity contribution < 1.29 is 19.1 Å². The van der Waals surface area contributed by atoms with Crippen LogP contribution in [0.1, 0.15) is 45.1 Å². The van der Waals surface area contributed by atoms with Gasteiger partial charge in [0.25, 0.3) is 0 Å². The fourth-order valence-electron chi connectivity index (χ4n) is 2.35. The van der Waals surface area contributed by atoms with Crippen molar-refractivity contribution in [2.24, 2.45) is 0 Å². The molecule has 0 bridgehead atoms. The molecule has 0 saturated heterocycles. The number of methoxy groups -OCH3 is 2. The normalized spacial score (nSPS) is 12.4. The van der Waals surface area contributed by atoms with Gasteiger partial charge in [0.05, 0.1) is 20.1 Å². The van der Waals surface area contributed by atoms with Crippen LogP contribution in [0.3, 0.4) is 0 Å². The van der Waals surface area contributed by atoms with Crippen LogP contribution < -0.4 is 10.1 Å². The summed E-state index contributed by atoms with van der Waals surface area (Å²) in [6.45, 7) is 5.53. The molecule has 1 unspecified atom stereocenters. The minimum atomic E-state index is -0.966. The molecule has 5 nitrogen and oxygen atoms in total. The predicted octanol–water partition coefficient (Wildman–Crippen LogP) is 2.65. The van der Waals surface area contributed by atoms with E-state index in [4.69, 9.17) is 9.47 Å². The van der Waals surface area contributed by atoms with Crippen molar-refractivity contribution in [3.05, 3.63) is 29.8 Å². The molecule has 1 rings (SSSR count). The molecule has 0 aromatic heterocycles. The van der Waals surface area contributed by atoms with Gasteiger partial charge in [-0.05, 0) is 37.5 Å². The first-order valence-electron chi connectivity index (χ1n) is 7.48. The van der Waals surface area contributed by atoms with E-state index in [9.17, 15) is 9.59 Å². The number of benzene rings is 1. The van der Waals surface area contributed by atoms with Crippen LogP contribution in [0.5, 0.6) is 5.75 Å². The standard InChI is InChI=1S/C17H25NO4/c1-6-17(7-2,16(20)22-5)18-15(19)12(3)13-8-10-14(21-4)11-9-13/h8-12H,6-7H2,1-5H3,(H,18,19). The molecule has 0 heterocycles. The lowest BCUT2D eigenvalue weighted by molar-refractivity contribution is -0.151. The van der Waals surface area contributed by atoms with E-state index in [2.05, 4.69) is 5.32 Å². The molecule has 1 atom stereocenters. The highest BCUT2D eigenvalue weighted by Crippen LogP contribution is 2.23. The molecule has 1 amide bonds. The quantitative estimate of drug-likeness (QED) is 0.787. The van der Waals surface area contributed by atoms with Crippen LogP contribution in [0, 0.1) is 0 Å². The van der Waals surface area contributed by atoms with Crippen molar-refractivity contribution in [3.63, 3.8) is 0 Å². The first-order valence-corrected chi connectivity index (χ1v) is 7.48. The Morgan fingerprint density at radius 1 is 1.14 bits per heavy atom. The second-order valence-corrected chi connectivity index (χ2v) is 5.26. The topological polar surface area (TPSA) is 64.6 Å². The molecule has 0 aliphatic carbocycles. The van der Waals surface area contributed by atoms with Crippen molar-refractivity contribution in [1.29, 1.82) is 0 Å². The number of esters is 1. The molecule has 0 radical (unpaired) electrons. The highest BCUT2D eigenvalue weighted by molar-refractivity contribution is 5.91. The van der Waals surface area contributed by atoms with Gasteiger partial charge in [-0.2, -0.15) is 0 Å². The maximum absolute atomic E-state index is 12.5. The fourth-order valence-corrected chi connectivity index (χ4v) is 2.35. The molecule has 0 fully saturated rings. The summed E-state index contributed by atoms with van der Waals surface area (Å²) in [6.07, 6.45) is 0.967. The number of ether oxygens (including phenoxy) is 2. The number of amides is 1. The van der Waals surface area contributed by atoms with Crippen LogP contribution >= 0.6 is 0 Å². The predicted molar refractivity (Wildman–Crippen MR) is 84.9 cm³/mol. The van der Waals surface area contributed by atoms with E-state index in [0.717, 1.165) is 11.3 Å². The Morgan fingerprint density at radius 3 is 2.09 bits per heavy atom. The van der Waals surface area contributed by atoms with Gasteiger partial charge in [-0.15, -0.1) is 0 Å². The van der Waals surface area contributed by atoms with E-state index < -0.39 is 11.5 Å². The number of carbonyl (C=O) groups excluding carboxylic acids is 2. The van der Waals surface area contributed by atoms with Gasteiger partial charge in [-0.1, -0.05) is 26.0 Å². The summed E-state index contributed by atoms with van der Waals surface area (Å²) in [7, 11) is 2.93. The molecule has 1 aromatic carbocycles. The largest absolute Gasteiger partial charge is 0.497 e. The van der Waals surface area contributed by atoms with Crippen molar-refractivity contribution >= 4 is 11.9 Å². The van der Waals surface area contributed by atoms with E-state index in [-0.39, 0.29) is 11.8 Å². The van der Waals surface area contributed by atoms with Crippen LogP contribution in [0.25, 0.3) is 0 Å². The Bertz CT molecular complexity index is 506. The van der Waals surface area contributed by atoms with Gasteiger partial charge < -0.3 is 14.8 Å². The number of carbonyl (C=O) groups is 2. The van der Waals surface area contributed by atoms with Crippen LogP contribution in [-0.2, 0) is 14.3 Å². The zero-order chi connectivity index (χ0) is 16.8. The molecule has 122 valence electrons. The molecule has 0 aliphatic rings. The minimum absolute atomic E-state index is 0.195. The Labute approximate surface area is 132 Å². The van der Waals surface area contributed by atoms with Crippen molar-refractivity contribution in [2.45, 2.75) is 45.1 Å². The molecule has 1 N–H and O–H groups in total. The smallest absolute Gasteiger partial charge is 0.331 e. The summed E-state index contributed by atoms with van der Waals surface area (Å²) < 4.78 is 9.95. The summed E-state index contributed by atoms with van der Waals surface area (Å²) in [6, 6.07) is 7.32. The molecule has 0 aliphatic heterocycles. The van der Waals surface area contributed by atoms with Crippen molar-refractivity contribution in [1.82, 2.24) is 5.32 Å². The first-order chi connectivity index (χ1) is 10.4. The molecular weight excluding hydrogens is 282 g/mol. The summed E-state index contributed by atoms with van der Waals surface area (Å²) in [5.74, 6) is -0.234. The summed E-state index contributed by atoms with van der Waals surface area (Å²) in [5, 5.41) is 2.86. The van der Waals surface area contributed by atoms with Gasteiger partial charge in [0, 0.05) is 0 Å². The number of rotatable bonds is 7. The molecule has 5 heteroatoms. The Hall–Kier alpha value is -2.04. The molecule has 1 aromatic rings. The second kappa shape index (κ2) is 7.82.